The predicted molar refractivity (Wildman–Crippen MR) is 32.1 cm³/mol. The zero-order valence-corrected chi connectivity index (χ0v) is 4.52. The van der Waals surface area contributed by atoms with Crippen LogP contribution in [-0.2, 0) is 0 Å². The monoisotopic (exact) mass is 110 g/mol. The molecule has 42 valence electrons. The summed E-state index contributed by atoms with van der Waals surface area (Å²) in [6.07, 6.45) is 6.29. The molecule has 1 aliphatic carbocycles. The normalized spacial score (nSPS) is 16.4. The van der Waals surface area contributed by atoms with E-state index in [1.807, 2.05) is 12.2 Å². The van der Waals surface area contributed by atoms with Gasteiger partial charge in [0, 0.05) is 5.57 Å². The Labute approximate surface area is 48.0 Å². The quantitative estimate of drug-likeness (QED) is 0.486. The van der Waals surface area contributed by atoms with Gasteiger partial charge >= 0.3 is 0 Å². The fourth-order valence-corrected chi connectivity index (χ4v) is 0.659. The number of halogens is 1. The summed E-state index contributed by atoms with van der Waals surface area (Å²) >= 11 is 0. The second-order valence-electron chi connectivity index (χ2n) is 1.70. The summed E-state index contributed by atoms with van der Waals surface area (Å²) in [6, 6.07) is 0. The lowest BCUT2D eigenvalue weighted by Crippen LogP contribution is -1.69. The van der Waals surface area contributed by atoms with Crippen molar-refractivity contribution < 1.29 is 4.39 Å². The summed E-state index contributed by atoms with van der Waals surface area (Å²) in [6.45, 7) is 3.15. The van der Waals surface area contributed by atoms with Crippen LogP contribution in [0.5, 0.6) is 0 Å². The van der Waals surface area contributed by atoms with Crippen molar-refractivity contribution >= 4 is 0 Å². The number of rotatable bonds is 1. The van der Waals surface area contributed by atoms with Crippen LogP contribution in [0.4, 0.5) is 4.39 Å². The molecule has 0 aliphatic heterocycles. The van der Waals surface area contributed by atoms with E-state index in [9.17, 15) is 4.39 Å². The van der Waals surface area contributed by atoms with E-state index in [0.717, 1.165) is 6.42 Å². The number of allylic oxidation sites excluding steroid dienone is 5. The fourth-order valence-electron chi connectivity index (χ4n) is 0.659. The van der Waals surface area contributed by atoms with E-state index < -0.39 is 0 Å². The Kier molecular flexibility index (Phi) is 1.29. The third kappa shape index (κ3) is 0.861. The maximum atomic E-state index is 12.1. The zero-order valence-electron chi connectivity index (χ0n) is 4.52. The highest BCUT2D eigenvalue weighted by Crippen LogP contribution is 2.16. The first kappa shape index (κ1) is 5.29. The molecule has 1 rings (SSSR count). The highest BCUT2D eigenvalue weighted by Gasteiger charge is 1.98. The van der Waals surface area contributed by atoms with Gasteiger partial charge in [0.25, 0.3) is 0 Å². The maximum Gasteiger partial charge on any atom is 0.122 e. The lowest BCUT2D eigenvalue weighted by molar-refractivity contribution is 0.662. The summed E-state index contributed by atoms with van der Waals surface area (Å²) in [7, 11) is 0. The average molecular weight is 110 g/mol. The third-order valence-electron chi connectivity index (χ3n) is 1.08. The molecule has 0 aromatic carbocycles. The Morgan fingerprint density at radius 1 is 1.75 bits per heavy atom. The molecule has 0 heterocycles. The second kappa shape index (κ2) is 1.95. The van der Waals surface area contributed by atoms with E-state index in [1.54, 1.807) is 6.08 Å². The molecule has 0 amide bonds. The van der Waals surface area contributed by atoms with Crippen molar-refractivity contribution in [2.75, 3.05) is 0 Å². The van der Waals surface area contributed by atoms with Crippen molar-refractivity contribution in [2.45, 2.75) is 6.42 Å². The Bertz CT molecular complexity index is 163. The van der Waals surface area contributed by atoms with Gasteiger partial charge < -0.3 is 0 Å². The topological polar surface area (TPSA) is 0 Å². The largest absolute Gasteiger partial charge is 0.207 e. The lowest BCUT2D eigenvalue weighted by Gasteiger charge is -1.86. The molecular weight excluding hydrogens is 103 g/mol. The van der Waals surface area contributed by atoms with Crippen LogP contribution < -0.4 is 0 Å². The van der Waals surface area contributed by atoms with Crippen LogP contribution in [-0.4, -0.2) is 0 Å². The minimum Gasteiger partial charge on any atom is -0.207 e. The van der Waals surface area contributed by atoms with E-state index in [2.05, 4.69) is 6.58 Å². The SMILES string of the molecule is C=C(F)C1=CCC=C1. The van der Waals surface area contributed by atoms with Crippen molar-refractivity contribution in [2.24, 2.45) is 0 Å². The van der Waals surface area contributed by atoms with Gasteiger partial charge in [0.15, 0.2) is 0 Å². The Morgan fingerprint density at radius 2 is 2.50 bits per heavy atom. The molecule has 0 aromatic heterocycles. The predicted octanol–water partition coefficient (Wildman–Crippen LogP) is 2.36. The van der Waals surface area contributed by atoms with Gasteiger partial charge in [0.05, 0.1) is 0 Å². The molecule has 0 atom stereocenters. The minimum absolute atomic E-state index is 0.334. The first-order valence-electron chi connectivity index (χ1n) is 2.52. The summed E-state index contributed by atoms with van der Waals surface area (Å²) in [5, 5.41) is 0. The molecule has 1 aliphatic rings. The third-order valence-corrected chi connectivity index (χ3v) is 1.08. The van der Waals surface area contributed by atoms with Gasteiger partial charge in [-0.05, 0) is 6.42 Å². The highest BCUT2D eigenvalue weighted by atomic mass is 19.1. The van der Waals surface area contributed by atoms with Gasteiger partial charge in [-0.2, -0.15) is 0 Å². The summed E-state index contributed by atoms with van der Waals surface area (Å²) < 4.78 is 12.1. The highest BCUT2D eigenvalue weighted by molar-refractivity contribution is 5.38. The van der Waals surface area contributed by atoms with Gasteiger partial charge in [-0.3, -0.25) is 0 Å². The minimum atomic E-state index is -0.334. The van der Waals surface area contributed by atoms with Crippen LogP contribution in [0.15, 0.2) is 36.2 Å². The summed E-state index contributed by atoms with van der Waals surface area (Å²) in [5.74, 6) is -0.334. The molecule has 8 heavy (non-hydrogen) atoms. The Hall–Kier alpha value is -0.850. The number of hydrogen-bond acceptors (Lipinski definition) is 0. The van der Waals surface area contributed by atoms with E-state index in [0.29, 0.717) is 5.57 Å². The van der Waals surface area contributed by atoms with E-state index in [1.165, 1.54) is 0 Å². The lowest BCUT2D eigenvalue weighted by atomic mass is 10.3. The van der Waals surface area contributed by atoms with Gasteiger partial charge in [0.2, 0.25) is 0 Å². The molecule has 0 fully saturated rings. The van der Waals surface area contributed by atoms with Crippen molar-refractivity contribution in [3.8, 4) is 0 Å². The molecule has 0 N–H and O–H groups in total. The van der Waals surface area contributed by atoms with Crippen LogP contribution in [0.2, 0.25) is 0 Å². The van der Waals surface area contributed by atoms with Crippen LogP contribution in [0, 0.1) is 0 Å². The van der Waals surface area contributed by atoms with Crippen LogP contribution in [0.25, 0.3) is 0 Å². The van der Waals surface area contributed by atoms with Gasteiger partial charge in [0.1, 0.15) is 5.83 Å². The summed E-state index contributed by atoms with van der Waals surface area (Å²) in [5.41, 5.74) is 0.630. The van der Waals surface area contributed by atoms with E-state index in [-0.39, 0.29) is 5.83 Å². The summed E-state index contributed by atoms with van der Waals surface area (Å²) in [4.78, 5) is 0. The van der Waals surface area contributed by atoms with Crippen LogP contribution >= 0.6 is 0 Å². The van der Waals surface area contributed by atoms with Crippen molar-refractivity contribution in [1.82, 2.24) is 0 Å². The molecular formula is C7H7F. The van der Waals surface area contributed by atoms with Crippen LogP contribution in [0.1, 0.15) is 6.42 Å². The van der Waals surface area contributed by atoms with Crippen molar-refractivity contribution in [3.05, 3.63) is 36.2 Å². The molecule has 0 unspecified atom stereocenters. The zero-order chi connectivity index (χ0) is 5.98. The first-order chi connectivity index (χ1) is 3.80. The average Bonchev–Trinajstić information content (AvgIpc) is 2.12. The molecule has 0 saturated carbocycles. The number of hydrogen-bond donors (Lipinski definition) is 0. The van der Waals surface area contributed by atoms with Gasteiger partial charge in [-0.15, -0.1) is 0 Å². The van der Waals surface area contributed by atoms with Gasteiger partial charge in [-0.1, -0.05) is 24.8 Å². The fraction of sp³-hybridized carbons (Fsp3) is 0.143. The van der Waals surface area contributed by atoms with Crippen molar-refractivity contribution in [3.63, 3.8) is 0 Å². The van der Waals surface area contributed by atoms with Crippen LogP contribution in [0.3, 0.4) is 0 Å². The maximum absolute atomic E-state index is 12.1. The van der Waals surface area contributed by atoms with Gasteiger partial charge in [-0.25, -0.2) is 4.39 Å². The molecule has 0 spiro atoms. The Morgan fingerprint density at radius 3 is 2.75 bits per heavy atom. The molecule has 0 saturated heterocycles. The molecule has 1 heteroatoms. The van der Waals surface area contributed by atoms with E-state index in [4.69, 9.17) is 0 Å². The molecule has 0 radical (unpaired) electrons. The Balaban J connectivity index is 2.72. The van der Waals surface area contributed by atoms with Crippen molar-refractivity contribution in [1.29, 1.82) is 0 Å². The van der Waals surface area contributed by atoms with E-state index >= 15 is 0 Å². The second-order valence-corrected chi connectivity index (χ2v) is 1.70. The first-order valence-corrected chi connectivity index (χ1v) is 2.52. The molecule has 0 nitrogen and oxygen atoms in total. The standard InChI is InChI=1S/C7H7F/c1-6(8)7-4-2-3-5-7/h2,4-5H,1,3H2. The smallest absolute Gasteiger partial charge is 0.122 e. The molecule has 0 aromatic rings. The molecule has 0 bridgehead atoms.